The summed E-state index contributed by atoms with van der Waals surface area (Å²) in [5.41, 5.74) is 3.76. The fraction of sp³-hybridized carbons (Fsp3) is 0.385. The molecule has 2 heterocycles. The van der Waals surface area contributed by atoms with Gasteiger partial charge < -0.3 is 19.3 Å². The molecule has 0 aliphatic carbocycles. The molecule has 1 saturated heterocycles. The first-order valence-electron chi connectivity index (χ1n) is 11.1. The third-order valence-corrected chi connectivity index (χ3v) is 5.94. The summed E-state index contributed by atoms with van der Waals surface area (Å²) in [6.45, 7) is 3.84. The first kappa shape index (κ1) is 22.1. The van der Waals surface area contributed by atoms with Crippen LogP contribution in [-0.4, -0.2) is 56.3 Å². The lowest BCUT2D eigenvalue weighted by molar-refractivity contribution is 0.0507. The largest absolute Gasteiger partial charge is 0.497 e. The summed E-state index contributed by atoms with van der Waals surface area (Å²) in [6, 6.07) is 15.7. The monoisotopic (exact) mass is 433 g/mol. The molecule has 1 fully saturated rings. The third kappa shape index (κ3) is 4.70. The number of fused-ring (bicyclic) bond motifs is 1. The molecule has 0 N–H and O–H groups in total. The lowest BCUT2D eigenvalue weighted by Crippen LogP contribution is -2.37. The number of para-hydroxylation sites is 1. The first-order valence-corrected chi connectivity index (χ1v) is 11.1. The Balaban J connectivity index is 1.72. The number of benzene rings is 2. The van der Waals surface area contributed by atoms with Crippen LogP contribution < -0.4 is 9.64 Å². The average Bonchev–Trinajstić information content (AvgIpc) is 3.31. The smallest absolute Gasteiger partial charge is 0.254 e. The molecule has 168 valence electrons. The van der Waals surface area contributed by atoms with Gasteiger partial charge >= 0.3 is 0 Å². The molecule has 0 spiro atoms. The van der Waals surface area contributed by atoms with E-state index in [1.54, 1.807) is 13.2 Å². The minimum absolute atomic E-state index is 0.0338. The van der Waals surface area contributed by atoms with Crippen molar-refractivity contribution in [3.8, 4) is 5.75 Å². The molecule has 1 amide bonds. The predicted molar refractivity (Wildman–Crippen MR) is 128 cm³/mol. The van der Waals surface area contributed by atoms with E-state index in [0.717, 1.165) is 47.3 Å². The van der Waals surface area contributed by atoms with Gasteiger partial charge in [0.05, 0.1) is 18.7 Å². The van der Waals surface area contributed by atoms with E-state index in [1.165, 1.54) is 0 Å². The first-order chi connectivity index (χ1) is 15.5. The zero-order chi connectivity index (χ0) is 22.7. The number of anilines is 1. The number of ether oxygens (including phenoxy) is 2. The molecule has 0 saturated carbocycles. The van der Waals surface area contributed by atoms with Gasteiger partial charge in [-0.25, -0.2) is 4.98 Å². The molecule has 1 aromatic heterocycles. The van der Waals surface area contributed by atoms with E-state index in [0.29, 0.717) is 24.4 Å². The number of methoxy groups -OCH3 is 1. The molecule has 3 aromatic rings. The Labute approximate surface area is 189 Å². The standard InChI is InChI=1S/C26H31N3O3/c1-18-8-5-9-19-14-21(25(28(2)3)27-24(18)19)16-29(17-23-12-7-13-32-23)26(30)20-10-6-11-22(15-20)31-4/h5-6,8-11,14-15,23H,7,12-13,16-17H2,1-4H3. The number of carbonyl (C=O) groups excluding carboxylic acids is 1. The van der Waals surface area contributed by atoms with E-state index >= 15 is 0 Å². The fourth-order valence-electron chi connectivity index (χ4n) is 4.28. The van der Waals surface area contributed by atoms with Crippen molar-refractivity contribution in [2.75, 3.05) is 39.3 Å². The average molecular weight is 434 g/mol. The highest BCUT2D eigenvalue weighted by atomic mass is 16.5. The van der Waals surface area contributed by atoms with Gasteiger partial charge in [-0.1, -0.05) is 24.3 Å². The SMILES string of the molecule is COc1cccc(C(=O)N(Cc2cc3cccc(C)c3nc2N(C)C)CC2CCCO2)c1. The second kappa shape index (κ2) is 9.57. The van der Waals surface area contributed by atoms with Crippen molar-refractivity contribution in [3.63, 3.8) is 0 Å². The van der Waals surface area contributed by atoms with Gasteiger partial charge in [-0.2, -0.15) is 0 Å². The molecule has 4 rings (SSSR count). The summed E-state index contributed by atoms with van der Waals surface area (Å²) in [6.07, 6.45) is 2.06. The van der Waals surface area contributed by atoms with Crippen molar-refractivity contribution in [1.82, 2.24) is 9.88 Å². The number of rotatable bonds is 7. The molecule has 6 heteroatoms. The molecule has 1 aliphatic heterocycles. The Hall–Kier alpha value is -3.12. The zero-order valence-electron chi connectivity index (χ0n) is 19.3. The summed E-state index contributed by atoms with van der Waals surface area (Å²) in [7, 11) is 5.59. The highest BCUT2D eigenvalue weighted by Gasteiger charge is 2.25. The topological polar surface area (TPSA) is 54.9 Å². The van der Waals surface area contributed by atoms with Crippen molar-refractivity contribution in [3.05, 3.63) is 65.2 Å². The second-order valence-corrected chi connectivity index (χ2v) is 8.56. The van der Waals surface area contributed by atoms with E-state index < -0.39 is 0 Å². The molecule has 32 heavy (non-hydrogen) atoms. The van der Waals surface area contributed by atoms with Gasteiger partial charge in [-0.15, -0.1) is 0 Å². The van der Waals surface area contributed by atoms with Gasteiger partial charge in [0.15, 0.2) is 0 Å². The molecule has 0 bridgehead atoms. The second-order valence-electron chi connectivity index (χ2n) is 8.56. The number of hydrogen-bond acceptors (Lipinski definition) is 5. The zero-order valence-corrected chi connectivity index (χ0v) is 19.3. The Kier molecular flexibility index (Phi) is 6.61. The number of pyridine rings is 1. The van der Waals surface area contributed by atoms with Crippen LogP contribution in [0.4, 0.5) is 5.82 Å². The molecule has 0 radical (unpaired) electrons. The van der Waals surface area contributed by atoms with Gasteiger partial charge in [0, 0.05) is 50.3 Å². The highest BCUT2D eigenvalue weighted by Crippen LogP contribution is 2.27. The highest BCUT2D eigenvalue weighted by molar-refractivity contribution is 5.95. The van der Waals surface area contributed by atoms with Crippen molar-refractivity contribution >= 4 is 22.6 Å². The minimum atomic E-state index is -0.0338. The Morgan fingerprint density at radius 3 is 2.72 bits per heavy atom. The van der Waals surface area contributed by atoms with Gasteiger partial charge in [0.1, 0.15) is 11.6 Å². The van der Waals surface area contributed by atoms with Crippen LogP contribution in [0.25, 0.3) is 10.9 Å². The Bertz CT molecular complexity index is 1110. The van der Waals surface area contributed by atoms with Crippen LogP contribution in [0.1, 0.15) is 34.3 Å². The van der Waals surface area contributed by atoms with Crippen molar-refractivity contribution < 1.29 is 14.3 Å². The molecule has 6 nitrogen and oxygen atoms in total. The lowest BCUT2D eigenvalue weighted by atomic mass is 10.1. The van der Waals surface area contributed by atoms with E-state index in [4.69, 9.17) is 14.5 Å². The van der Waals surface area contributed by atoms with Gasteiger partial charge in [0.25, 0.3) is 5.91 Å². The predicted octanol–water partition coefficient (Wildman–Crippen LogP) is 4.44. The van der Waals surface area contributed by atoms with Crippen LogP contribution in [0.2, 0.25) is 0 Å². The summed E-state index contributed by atoms with van der Waals surface area (Å²) >= 11 is 0. The maximum absolute atomic E-state index is 13.6. The van der Waals surface area contributed by atoms with Crippen LogP contribution in [0.5, 0.6) is 5.75 Å². The lowest BCUT2D eigenvalue weighted by Gasteiger charge is -2.28. The van der Waals surface area contributed by atoms with Crippen molar-refractivity contribution in [2.45, 2.75) is 32.4 Å². The van der Waals surface area contributed by atoms with Crippen molar-refractivity contribution in [2.24, 2.45) is 0 Å². The fourth-order valence-corrected chi connectivity index (χ4v) is 4.28. The van der Waals surface area contributed by atoms with Crippen LogP contribution >= 0.6 is 0 Å². The number of aryl methyl sites for hydroxylation is 1. The normalized spacial score (nSPS) is 15.7. The molecule has 1 atom stereocenters. The number of hydrogen-bond donors (Lipinski definition) is 0. The van der Waals surface area contributed by atoms with E-state index in [-0.39, 0.29) is 12.0 Å². The number of aromatic nitrogens is 1. The molecular weight excluding hydrogens is 402 g/mol. The number of nitrogens with zero attached hydrogens (tertiary/aromatic N) is 3. The minimum Gasteiger partial charge on any atom is -0.497 e. The van der Waals surface area contributed by atoms with E-state index in [2.05, 4.69) is 25.1 Å². The van der Waals surface area contributed by atoms with E-state index in [9.17, 15) is 4.79 Å². The summed E-state index contributed by atoms with van der Waals surface area (Å²) in [5, 5.41) is 1.08. The quantitative estimate of drug-likeness (QED) is 0.551. The summed E-state index contributed by atoms with van der Waals surface area (Å²) < 4.78 is 11.2. The van der Waals surface area contributed by atoms with Gasteiger partial charge in [-0.05, 0) is 49.6 Å². The van der Waals surface area contributed by atoms with Crippen LogP contribution in [0.3, 0.4) is 0 Å². The number of carbonyl (C=O) groups is 1. The van der Waals surface area contributed by atoms with Crippen LogP contribution in [0, 0.1) is 6.92 Å². The molecule has 1 aliphatic rings. The summed E-state index contributed by atoms with van der Waals surface area (Å²) in [4.78, 5) is 22.4. The summed E-state index contributed by atoms with van der Waals surface area (Å²) in [5.74, 6) is 1.51. The molecular formula is C26H31N3O3. The Morgan fingerprint density at radius 2 is 2.00 bits per heavy atom. The Morgan fingerprint density at radius 1 is 1.19 bits per heavy atom. The van der Waals surface area contributed by atoms with Gasteiger partial charge in [-0.3, -0.25) is 4.79 Å². The third-order valence-electron chi connectivity index (χ3n) is 5.94. The maximum atomic E-state index is 13.6. The van der Waals surface area contributed by atoms with Gasteiger partial charge in [0.2, 0.25) is 0 Å². The van der Waals surface area contributed by atoms with E-state index in [1.807, 2.05) is 48.2 Å². The molecule has 1 unspecified atom stereocenters. The molecule has 2 aromatic carbocycles. The van der Waals surface area contributed by atoms with Crippen LogP contribution in [-0.2, 0) is 11.3 Å². The van der Waals surface area contributed by atoms with Crippen molar-refractivity contribution in [1.29, 1.82) is 0 Å². The van der Waals surface area contributed by atoms with Crippen LogP contribution in [0.15, 0.2) is 48.5 Å². The number of amides is 1. The maximum Gasteiger partial charge on any atom is 0.254 e.